The van der Waals surface area contributed by atoms with Gasteiger partial charge in [-0.25, -0.2) is 0 Å². The number of benzene rings is 1. The minimum atomic E-state index is -0.673. The molecule has 1 aromatic heterocycles. The monoisotopic (exact) mass is 414 g/mol. The molecule has 0 aliphatic heterocycles. The summed E-state index contributed by atoms with van der Waals surface area (Å²) < 4.78 is 5.08. The Hall–Kier alpha value is -1.63. The third kappa shape index (κ3) is 5.69. The molecule has 8 heteroatoms. The molecular formula is C18H20Cl2N2O3S. The molecular weight excluding hydrogens is 395 g/mol. The van der Waals surface area contributed by atoms with Gasteiger partial charge in [0.05, 0.1) is 12.3 Å². The van der Waals surface area contributed by atoms with Gasteiger partial charge in [0.1, 0.15) is 6.04 Å². The van der Waals surface area contributed by atoms with Crippen molar-refractivity contribution < 1.29 is 14.0 Å². The lowest BCUT2D eigenvalue weighted by atomic mass is 10.1. The van der Waals surface area contributed by atoms with Gasteiger partial charge in [-0.2, -0.15) is 11.8 Å². The standard InChI is InChI=1S/C18H20Cl2N2O3S/c1-11(13-6-5-12(19)10-14(13)20)21-17(23)15(7-9-26-2)22-18(24)16-4-3-8-25-16/h3-6,8,10-11,15H,7,9H2,1-2H3,(H,21,23)(H,22,24). The minimum absolute atomic E-state index is 0.167. The van der Waals surface area contributed by atoms with Crippen LogP contribution in [0.25, 0.3) is 0 Å². The number of nitrogens with one attached hydrogen (secondary N) is 2. The van der Waals surface area contributed by atoms with Crippen LogP contribution in [-0.2, 0) is 4.79 Å². The van der Waals surface area contributed by atoms with Crippen LogP contribution >= 0.6 is 35.0 Å². The molecule has 0 radical (unpaired) electrons. The van der Waals surface area contributed by atoms with Gasteiger partial charge in [0.2, 0.25) is 5.91 Å². The Kier molecular flexibility index (Phi) is 7.87. The van der Waals surface area contributed by atoms with Crippen LogP contribution in [0.1, 0.15) is 35.5 Å². The molecule has 2 atom stereocenters. The molecule has 2 aromatic rings. The first-order valence-electron chi connectivity index (χ1n) is 8.01. The lowest BCUT2D eigenvalue weighted by Crippen LogP contribution is -2.47. The molecule has 0 saturated carbocycles. The maximum Gasteiger partial charge on any atom is 0.287 e. The maximum atomic E-state index is 12.7. The largest absolute Gasteiger partial charge is 0.459 e. The van der Waals surface area contributed by atoms with E-state index in [9.17, 15) is 9.59 Å². The van der Waals surface area contributed by atoms with E-state index < -0.39 is 11.9 Å². The summed E-state index contributed by atoms with van der Waals surface area (Å²) in [6.07, 6.45) is 3.86. The highest BCUT2D eigenvalue weighted by molar-refractivity contribution is 7.98. The Morgan fingerprint density at radius 2 is 2.00 bits per heavy atom. The molecule has 1 aromatic carbocycles. The number of hydrogen-bond acceptors (Lipinski definition) is 4. The molecule has 0 spiro atoms. The first-order valence-corrected chi connectivity index (χ1v) is 10.2. The fraction of sp³-hybridized carbons (Fsp3) is 0.333. The zero-order valence-corrected chi connectivity index (χ0v) is 16.8. The zero-order valence-electron chi connectivity index (χ0n) is 14.4. The van der Waals surface area contributed by atoms with E-state index in [1.165, 1.54) is 6.26 Å². The van der Waals surface area contributed by atoms with E-state index in [1.807, 2.05) is 13.2 Å². The van der Waals surface area contributed by atoms with Crippen molar-refractivity contribution in [2.24, 2.45) is 0 Å². The lowest BCUT2D eigenvalue weighted by molar-refractivity contribution is -0.123. The van der Waals surface area contributed by atoms with Crippen molar-refractivity contribution in [3.63, 3.8) is 0 Å². The average molecular weight is 415 g/mol. The Balaban J connectivity index is 2.06. The zero-order chi connectivity index (χ0) is 19.1. The summed E-state index contributed by atoms with van der Waals surface area (Å²) in [6, 6.07) is 7.29. The molecule has 2 amide bonds. The van der Waals surface area contributed by atoms with Gasteiger partial charge in [0.15, 0.2) is 5.76 Å². The van der Waals surface area contributed by atoms with Gasteiger partial charge < -0.3 is 15.1 Å². The van der Waals surface area contributed by atoms with Crippen molar-refractivity contribution in [1.29, 1.82) is 0 Å². The number of halogens is 2. The van der Waals surface area contributed by atoms with E-state index >= 15 is 0 Å². The van der Waals surface area contributed by atoms with E-state index in [0.717, 1.165) is 11.3 Å². The summed E-state index contributed by atoms with van der Waals surface area (Å²) in [7, 11) is 0. The van der Waals surface area contributed by atoms with Crippen LogP contribution in [0.2, 0.25) is 10.0 Å². The van der Waals surface area contributed by atoms with Gasteiger partial charge in [0, 0.05) is 10.0 Å². The van der Waals surface area contributed by atoms with Gasteiger partial charge in [-0.15, -0.1) is 0 Å². The second kappa shape index (κ2) is 9.90. The van der Waals surface area contributed by atoms with Crippen LogP contribution in [0.3, 0.4) is 0 Å². The smallest absolute Gasteiger partial charge is 0.287 e. The second-order valence-electron chi connectivity index (χ2n) is 5.68. The average Bonchev–Trinajstić information content (AvgIpc) is 3.12. The number of hydrogen-bond donors (Lipinski definition) is 2. The van der Waals surface area contributed by atoms with Crippen molar-refractivity contribution in [2.75, 3.05) is 12.0 Å². The van der Waals surface area contributed by atoms with Crippen molar-refractivity contribution in [3.8, 4) is 0 Å². The van der Waals surface area contributed by atoms with Gasteiger partial charge in [-0.1, -0.05) is 29.3 Å². The molecule has 0 fully saturated rings. The Morgan fingerprint density at radius 3 is 2.62 bits per heavy atom. The van der Waals surface area contributed by atoms with Crippen molar-refractivity contribution in [1.82, 2.24) is 10.6 Å². The van der Waals surface area contributed by atoms with Crippen molar-refractivity contribution in [2.45, 2.75) is 25.4 Å². The fourth-order valence-electron chi connectivity index (χ4n) is 2.39. The number of carbonyl (C=O) groups excluding carboxylic acids is 2. The lowest BCUT2D eigenvalue weighted by Gasteiger charge is -2.22. The fourth-order valence-corrected chi connectivity index (χ4v) is 3.43. The first kappa shape index (κ1) is 20.7. The van der Waals surface area contributed by atoms with E-state index in [0.29, 0.717) is 16.5 Å². The quantitative estimate of drug-likeness (QED) is 0.674. The van der Waals surface area contributed by atoms with Gasteiger partial charge in [-0.3, -0.25) is 9.59 Å². The summed E-state index contributed by atoms with van der Waals surface area (Å²) in [6.45, 7) is 1.83. The van der Waals surface area contributed by atoms with Gasteiger partial charge in [-0.05, 0) is 55.2 Å². The molecule has 0 aliphatic rings. The molecule has 2 rings (SSSR count). The third-order valence-corrected chi connectivity index (χ3v) is 4.97. The summed E-state index contributed by atoms with van der Waals surface area (Å²) in [5.41, 5.74) is 0.755. The molecule has 2 unspecified atom stereocenters. The van der Waals surface area contributed by atoms with Crippen LogP contribution in [-0.4, -0.2) is 29.9 Å². The third-order valence-electron chi connectivity index (χ3n) is 3.77. The number of rotatable bonds is 8. The van der Waals surface area contributed by atoms with Crippen LogP contribution < -0.4 is 10.6 Å². The molecule has 5 nitrogen and oxygen atoms in total. The Labute approximate surface area is 166 Å². The molecule has 26 heavy (non-hydrogen) atoms. The molecule has 1 heterocycles. The van der Waals surface area contributed by atoms with Crippen molar-refractivity contribution >= 4 is 46.8 Å². The van der Waals surface area contributed by atoms with Crippen LogP contribution in [0.4, 0.5) is 0 Å². The molecule has 140 valence electrons. The number of furan rings is 1. The molecule has 0 bridgehead atoms. The SMILES string of the molecule is CSCCC(NC(=O)c1ccco1)C(=O)NC(C)c1ccc(Cl)cc1Cl. The van der Waals surface area contributed by atoms with Crippen LogP contribution in [0.15, 0.2) is 41.0 Å². The van der Waals surface area contributed by atoms with E-state index in [4.69, 9.17) is 27.6 Å². The number of carbonyl (C=O) groups is 2. The Morgan fingerprint density at radius 1 is 1.23 bits per heavy atom. The van der Waals surface area contributed by atoms with E-state index in [1.54, 1.807) is 42.1 Å². The predicted octanol–water partition coefficient (Wildman–Crippen LogP) is 4.32. The molecule has 0 aliphatic carbocycles. The van der Waals surface area contributed by atoms with Crippen LogP contribution in [0, 0.1) is 0 Å². The second-order valence-corrected chi connectivity index (χ2v) is 7.51. The first-order chi connectivity index (χ1) is 12.4. The predicted molar refractivity (Wildman–Crippen MR) is 106 cm³/mol. The number of amides is 2. The topological polar surface area (TPSA) is 71.3 Å². The van der Waals surface area contributed by atoms with Gasteiger partial charge in [0.25, 0.3) is 5.91 Å². The summed E-state index contributed by atoms with van der Waals surface area (Å²) in [5, 5.41) is 6.62. The summed E-state index contributed by atoms with van der Waals surface area (Å²) in [4.78, 5) is 24.9. The Bertz CT molecular complexity index is 753. The highest BCUT2D eigenvalue weighted by atomic mass is 35.5. The number of thioether (sulfide) groups is 1. The maximum absolute atomic E-state index is 12.7. The summed E-state index contributed by atoms with van der Waals surface area (Å²) >= 11 is 13.7. The summed E-state index contributed by atoms with van der Waals surface area (Å²) in [5.74, 6) is 0.193. The minimum Gasteiger partial charge on any atom is -0.459 e. The normalized spacial score (nSPS) is 13.1. The van der Waals surface area contributed by atoms with Gasteiger partial charge >= 0.3 is 0 Å². The molecule has 0 saturated heterocycles. The van der Waals surface area contributed by atoms with Crippen molar-refractivity contribution in [3.05, 3.63) is 58.0 Å². The highest BCUT2D eigenvalue weighted by Crippen LogP contribution is 2.26. The van der Waals surface area contributed by atoms with E-state index in [2.05, 4.69) is 10.6 Å². The highest BCUT2D eigenvalue weighted by Gasteiger charge is 2.24. The molecule has 2 N–H and O–H groups in total. The van der Waals surface area contributed by atoms with Crippen LogP contribution in [0.5, 0.6) is 0 Å². The van der Waals surface area contributed by atoms with E-state index in [-0.39, 0.29) is 17.7 Å².